The molecule has 0 bridgehead atoms. The molecule has 1 aromatic carbocycles. The summed E-state index contributed by atoms with van der Waals surface area (Å²) in [5.41, 5.74) is 22.4. The number of cyclic esters (lactones) is 1. The molecule has 1 saturated heterocycles. The summed E-state index contributed by atoms with van der Waals surface area (Å²) in [7, 11) is 0. The number of esters is 1. The summed E-state index contributed by atoms with van der Waals surface area (Å²) in [6, 6.07) is -5.35. The molecule has 1 aliphatic rings. The summed E-state index contributed by atoms with van der Waals surface area (Å²) in [5.74, 6) is -16.8. The average molecular weight is 1200 g/mol. The first-order valence-corrected chi connectivity index (χ1v) is 27.8. The van der Waals surface area contributed by atoms with Gasteiger partial charge in [0.1, 0.15) is 41.9 Å². The third-order valence-corrected chi connectivity index (χ3v) is 13.2. The number of aliphatic hydroxyl groups excluding tert-OH is 4. The smallest absolute Gasteiger partial charge is 0.335 e. The third-order valence-electron chi connectivity index (χ3n) is 12.9. The number of nitrogens with one attached hydrogen (secondary N) is 8. The second-order valence-corrected chi connectivity index (χ2v) is 19.8. The molecular formula is C52H82ClN13O17. The molecule has 30 nitrogen and oxygen atoms in total. The summed E-state index contributed by atoms with van der Waals surface area (Å²) < 4.78 is 5.27. The minimum absolute atomic E-state index is 0.0354. The number of amides is 8. The van der Waals surface area contributed by atoms with Crippen LogP contribution < -0.4 is 65.5 Å². The van der Waals surface area contributed by atoms with Crippen LogP contribution in [-0.2, 0) is 63.9 Å². The number of guanidine groups is 1. The van der Waals surface area contributed by atoms with Crippen LogP contribution in [0, 0.1) is 0 Å². The lowest BCUT2D eigenvalue weighted by molar-refractivity contribution is -0.166. The Morgan fingerprint density at radius 2 is 1.20 bits per heavy atom. The fourth-order valence-electron chi connectivity index (χ4n) is 8.24. The summed E-state index contributed by atoms with van der Waals surface area (Å²) >= 11 is 5.89. The number of halogens is 1. The molecule has 8 amide bonds. The molecule has 0 saturated carbocycles. The van der Waals surface area contributed by atoms with Gasteiger partial charge in [0.15, 0.2) is 23.9 Å². The number of Topliss-reactive ketones (excluding diaryl/α,β-unsaturated/α-hetero) is 1. The molecule has 0 radical (unpaired) electrons. The minimum Gasteiger partial charge on any atom is -0.479 e. The van der Waals surface area contributed by atoms with Crippen molar-refractivity contribution in [1.29, 1.82) is 0 Å². The number of benzene rings is 1. The molecule has 1 aromatic rings. The van der Waals surface area contributed by atoms with E-state index in [1.807, 2.05) is 16.0 Å². The van der Waals surface area contributed by atoms with Gasteiger partial charge in [0.05, 0.1) is 24.7 Å². The van der Waals surface area contributed by atoms with E-state index in [1.54, 1.807) is 30.3 Å². The lowest BCUT2D eigenvalue weighted by Gasteiger charge is -2.28. The topological polar surface area (TPSA) is 511 Å². The molecular weight excluding hydrogens is 1110 g/mol. The number of aliphatic carboxylic acids is 1. The highest BCUT2D eigenvalue weighted by molar-refractivity contribution is 6.18. The molecule has 464 valence electrons. The molecule has 83 heavy (non-hydrogen) atoms. The Morgan fingerprint density at radius 3 is 1.72 bits per heavy atom. The zero-order valence-electron chi connectivity index (χ0n) is 46.5. The van der Waals surface area contributed by atoms with E-state index < -0.39 is 156 Å². The molecule has 1 heterocycles. The number of carboxylic acid groups (broad SMARTS) is 1. The van der Waals surface area contributed by atoms with Crippen molar-refractivity contribution in [3.05, 3.63) is 47.7 Å². The van der Waals surface area contributed by atoms with Gasteiger partial charge in [-0.2, -0.15) is 0 Å². The third kappa shape index (κ3) is 25.4. The van der Waals surface area contributed by atoms with Gasteiger partial charge in [-0.15, -0.1) is 11.6 Å². The largest absolute Gasteiger partial charge is 0.479 e. The molecule has 6 unspecified atom stereocenters. The van der Waals surface area contributed by atoms with E-state index >= 15 is 0 Å². The van der Waals surface area contributed by atoms with E-state index in [1.165, 1.54) is 6.92 Å². The first kappa shape index (κ1) is 71.8. The second kappa shape index (κ2) is 38.4. The number of alkyl halides is 1. The number of unbranched alkanes of at least 4 members (excludes halogenated alkanes) is 6. The molecule has 1 fully saturated rings. The normalized spacial score (nSPS) is 23.9. The maximum absolute atomic E-state index is 14.3. The van der Waals surface area contributed by atoms with Gasteiger partial charge in [-0.25, -0.2) is 9.59 Å². The average Bonchev–Trinajstić information content (AvgIpc) is 3.52. The maximum Gasteiger partial charge on any atom is 0.335 e. The fraction of sp³-hybridized carbons (Fsp3) is 0.615. The standard InChI is InChI=1S/C52H82ClN13O17/c1-3-5-6-7-8-9-13-17-29(68)25-36(69)41-49(79)64-35(27-67)47(77)62-33(20-22-55)45(75)61-32(19-21-54)44(74)60-31(18-14-23-58-52(56)57)43(73)63-34(24-28-15-11-10-12-16-28)46(76)59-30(4-2)42(72)66-39(40(71)50(80)81)48(78)65-38(37(70)26-53)51(82)83-41/h4,10-12,15-16,29,31-35,37-41,67-68,70-71H,3,5-9,13-14,17-27,54-55H2,1-2H3,(H,59,76)(H,60,74)(H,61,75)(H,62,77)(H,63,73)(H,64,79)(H,65,78)(H,66,72)(H,80,81)(H4,56,57,58)/b30-4-/t29?,31-,32+,33?,34-,35+,37?,38?,39-,40?,41?/m0/s1. The lowest BCUT2D eigenvalue weighted by atomic mass is 10.0. The number of ether oxygens (including phenoxy) is 1. The summed E-state index contributed by atoms with van der Waals surface area (Å²) in [6.07, 6.45) is -4.15. The number of carbonyl (C=O) groups is 11. The highest BCUT2D eigenvalue weighted by Crippen LogP contribution is 2.15. The van der Waals surface area contributed by atoms with Crippen molar-refractivity contribution in [2.45, 2.75) is 170 Å². The molecule has 0 aromatic heterocycles. The Labute approximate surface area is 484 Å². The van der Waals surface area contributed by atoms with Crippen LogP contribution in [-0.4, -0.2) is 195 Å². The van der Waals surface area contributed by atoms with Crippen molar-refractivity contribution in [2.75, 3.05) is 32.1 Å². The summed E-state index contributed by atoms with van der Waals surface area (Å²) in [5, 5.41) is 70.9. The predicted molar refractivity (Wildman–Crippen MR) is 298 cm³/mol. The second-order valence-electron chi connectivity index (χ2n) is 19.5. The van der Waals surface area contributed by atoms with Crippen molar-refractivity contribution in [2.24, 2.45) is 27.9 Å². The molecule has 0 spiro atoms. The van der Waals surface area contributed by atoms with Crippen LogP contribution in [0.4, 0.5) is 0 Å². The van der Waals surface area contributed by atoms with Crippen LogP contribution in [0.1, 0.15) is 103 Å². The van der Waals surface area contributed by atoms with E-state index in [2.05, 4.69) is 38.5 Å². The van der Waals surface area contributed by atoms with Crippen LogP contribution >= 0.6 is 11.6 Å². The van der Waals surface area contributed by atoms with Gasteiger partial charge in [0.25, 0.3) is 11.8 Å². The van der Waals surface area contributed by atoms with Crippen LogP contribution in [0.25, 0.3) is 0 Å². The van der Waals surface area contributed by atoms with Gasteiger partial charge >= 0.3 is 11.9 Å². The Hall–Kier alpha value is -7.35. The van der Waals surface area contributed by atoms with Gasteiger partial charge in [0.2, 0.25) is 41.5 Å². The van der Waals surface area contributed by atoms with Crippen molar-refractivity contribution < 1.29 is 83.0 Å². The number of aliphatic imine (C=N–C) groups is 1. The van der Waals surface area contributed by atoms with E-state index in [-0.39, 0.29) is 64.1 Å². The highest BCUT2D eigenvalue weighted by Gasteiger charge is 2.42. The Balaban J connectivity index is 2.87. The number of allylic oxidation sites excluding steroid dienone is 1. The van der Waals surface area contributed by atoms with Crippen molar-refractivity contribution in [3.8, 4) is 0 Å². The van der Waals surface area contributed by atoms with Crippen molar-refractivity contribution in [3.63, 3.8) is 0 Å². The molecule has 11 atom stereocenters. The number of nitrogens with zero attached hydrogens (tertiary/aromatic N) is 1. The maximum atomic E-state index is 14.3. The van der Waals surface area contributed by atoms with E-state index in [4.69, 9.17) is 39.3 Å². The van der Waals surface area contributed by atoms with Gasteiger partial charge in [0, 0.05) is 19.4 Å². The van der Waals surface area contributed by atoms with Gasteiger partial charge in [-0.3, -0.25) is 48.1 Å². The molecule has 21 N–H and O–H groups in total. The molecule has 31 heteroatoms. The van der Waals surface area contributed by atoms with Crippen LogP contribution in [0.3, 0.4) is 0 Å². The number of hydrogen-bond donors (Lipinski definition) is 17. The quantitative estimate of drug-likeness (QED) is 0.00784. The van der Waals surface area contributed by atoms with E-state index in [0.717, 1.165) is 38.2 Å². The van der Waals surface area contributed by atoms with Gasteiger partial charge in [-0.05, 0) is 57.7 Å². The number of hydrogen-bond acceptors (Lipinski definition) is 19. The van der Waals surface area contributed by atoms with E-state index in [9.17, 15) is 78.3 Å². The molecule has 2 rings (SSSR count). The fourth-order valence-corrected chi connectivity index (χ4v) is 8.42. The van der Waals surface area contributed by atoms with Gasteiger partial charge in [-0.1, -0.05) is 88.3 Å². The SMILES string of the molecule is C/C=C1\NC(=O)[C@H](Cc2ccccc2)NC(=O)[C@H](CCCN=C(N)N)NC(=O)[C@@H](CCN)NC(=O)C(CCN)NC(=O)[C@@H](CO)NC(=O)C(C(=O)CC(O)CCCCCCCCC)OC(=O)C(C(O)CCl)NC(=O)[C@H](C(O)C(=O)O)NC1=O. The van der Waals surface area contributed by atoms with Crippen LogP contribution in [0.5, 0.6) is 0 Å². The summed E-state index contributed by atoms with van der Waals surface area (Å²) in [4.78, 5) is 157. The number of nitrogens with two attached hydrogens (primary N) is 4. The lowest BCUT2D eigenvalue weighted by Crippen LogP contribution is -2.62. The van der Waals surface area contributed by atoms with Crippen molar-refractivity contribution in [1.82, 2.24) is 42.5 Å². The predicted octanol–water partition coefficient (Wildman–Crippen LogP) is -5.18. The zero-order valence-corrected chi connectivity index (χ0v) is 47.3. The molecule has 1 aliphatic heterocycles. The van der Waals surface area contributed by atoms with Gasteiger partial charge < -0.3 is 95.7 Å². The number of aliphatic hydroxyl groups is 4. The van der Waals surface area contributed by atoms with Crippen LogP contribution in [0.2, 0.25) is 0 Å². The Kier molecular flexibility index (Phi) is 33.2. The first-order valence-electron chi connectivity index (χ1n) is 27.2. The monoisotopic (exact) mass is 1200 g/mol. The first-order chi connectivity index (χ1) is 39.5. The van der Waals surface area contributed by atoms with E-state index in [0.29, 0.717) is 18.4 Å². The number of carboxylic acids is 1. The number of ketones is 1. The molecule has 0 aliphatic carbocycles. The Morgan fingerprint density at radius 1 is 0.675 bits per heavy atom. The minimum atomic E-state index is -2.85. The Bertz CT molecular complexity index is 2400. The zero-order chi connectivity index (χ0) is 62.2. The number of rotatable bonds is 26. The van der Waals surface area contributed by atoms with Crippen LogP contribution in [0.15, 0.2) is 47.1 Å². The summed E-state index contributed by atoms with van der Waals surface area (Å²) in [6.45, 7) is 1.45. The highest BCUT2D eigenvalue weighted by atomic mass is 35.5. The van der Waals surface area contributed by atoms with Crippen molar-refractivity contribution >= 4 is 82.5 Å². The number of carbonyl (C=O) groups excluding carboxylic acids is 10.